The summed E-state index contributed by atoms with van der Waals surface area (Å²) >= 11 is 0. The van der Waals surface area contributed by atoms with E-state index in [2.05, 4.69) is 31.7 Å². The molecule has 1 aliphatic rings. The van der Waals surface area contributed by atoms with Crippen molar-refractivity contribution in [2.24, 2.45) is 11.8 Å². The van der Waals surface area contributed by atoms with Gasteiger partial charge >= 0.3 is 5.97 Å². The molecule has 29 heavy (non-hydrogen) atoms. The summed E-state index contributed by atoms with van der Waals surface area (Å²) in [6.45, 7) is 8.88. The number of methoxy groups -OCH3 is 1. The zero-order valence-electron chi connectivity index (χ0n) is 19.4. The lowest BCUT2D eigenvalue weighted by molar-refractivity contribution is -0.140. The molecule has 0 aromatic rings. The van der Waals surface area contributed by atoms with Crippen LogP contribution in [-0.2, 0) is 18.8 Å². The molecule has 1 N–H and O–H groups in total. The van der Waals surface area contributed by atoms with Gasteiger partial charge in [-0.05, 0) is 44.3 Å². The molecule has 4 unspecified atom stereocenters. The molecule has 1 saturated carbocycles. The number of unbranched alkanes of at least 4 members (excludes halogenated alkanes) is 4. The van der Waals surface area contributed by atoms with Crippen LogP contribution in [0.2, 0.25) is 19.1 Å². The summed E-state index contributed by atoms with van der Waals surface area (Å²) in [5, 5.41) is 10.8. The number of ether oxygens (including phenoxy) is 1. The number of esters is 1. The van der Waals surface area contributed by atoms with Gasteiger partial charge in [0.15, 0.2) is 8.32 Å². The van der Waals surface area contributed by atoms with Crippen LogP contribution < -0.4 is 0 Å². The number of aliphatic hydroxyl groups is 1. The van der Waals surface area contributed by atoms with Gasteiger partial charge in [-0.25, -0.2) is 0 Å². The van der Waals surface area contributed by atoms with Crippen molar-refractivity contribution in [1.29, 1.82) is 0 Å². The summed E-state index contributed by atoms with van der Waals surface area (Å²) < 4.78 is 11.3. The summed E-state index contributed by atoms with van der Waals surface area (Å²) in [4.78, 5) is 24.0. The van der Waals surface area contributed by atoms with Crippen molar-refractivity contribution < 1.29 is 23.9 Å². The van der Waals surface area contributed by atoms with Crippen LogP contribution in [0.3, 0.4) is 0 Å². The highest BCUT2D eigenvalue weighted by atomic mass is 28.4. The molecule has 0 bridgehead atoms. The molecule has 0 aliphatic heterocycles. The van der Waals surface area contributed by atoms with Crippen molar-refractivity contribution in [1.82, 2.24) is 0 Å². The summed E-state index contributed by atoms with van der Waals surface area (Å²) in [7, 11) is -0.391. The number of hydrogen-bond donors (Lipinski definition) is 1. The number of rotatable bonds is 15. The van der Waals surface area contributed by atoms with Crippen LogP contribution >= 0.6 is 0 Å². The Kier molecular flexibility index (Phi) is 12.3. The van der Waals surface area contributed by atoms with E-state index >= 15 is 0 Å². The Bertz CT molecular complexity index is 494. The second-order valence-corrected chi connectivity index (χ2v) is 13.5. The number of carbonyl (C=O) groups is 2. The first-order valence-corrected chi connectivity index (χ1v) is 14.8. The highest BCUT2D eigenvalue weighted by molar-refractivity contribution is 6.71. The fraction of sp³-hybridized carbons (Fsp3) is 0.913. The lowest BCUT2D eigenvalue weighted by Gasteiger charge is -2.33. The first-order valence-electron chi connectivity index (χ1n) is 11.7. The molecule has 1 aliphatic carbocycles. The number of Topliss-reactive ketones (excluding diaryl/α,β-unsaturated/α-hetero) is 1. The lowest BCUT2D eigenvalue weighted by atomic mass is 9.83. The SMILES string of the molecule is CCCCC1C(O[Si](C)(C)CCCC)CC(=O)C1C(O)CCCCCC(=O)OC. The van der Waals surface area contributed by atoms with E-state index in [1.807, 2.05) is 0 Å². The molecule has 0 radical (unpaired) electrons. The average Bonchev–Trinajstić information content (AvgIpc) is 2.98. The van der Waals surface area contributed by atoms with Gasteiger partial charge in [0.05, 0.1) is 19.3 Å². The van der Waals surface area contributed by atoms with Crippen LogP contribution in [0.5, 0.6) is 0 Å². The normalized spacial score (nSPS) is 23.4. The van der Waals surface area contributed by atoms with Crippen molar-refractivity contribution in [3.63, 3.8) is 0 Å². The van der Waals surface area contributed by atoms with Crippen molar-refractivity contribution in [2.45, 2.75) is 116 Å². The molecule has 0 saturated heterocycles. The van der Waals surface area contributed by atoms with Gasteiger partial charge in [0.1, 0.15) is 5.78 Å². The highest BCUT2D eigenvalue weighted by Gasteiger charge is 2.47. The van der Waals surface area contributed by atoms with Gasteiger partial charge in [-0.3, -0.25) is 9.59 Å². The average molecular weight is 429 g/mol. The van der Waals surface area contributed by atoms with Crippen molar-refractivity contribution in [2.75, 3.05) is 7.11 Å². The molecule has 1 rings (SSSR count). The van der Waals surface area contributed by atoms with Crippen LogP contribution in [0, 0.1) is 11.8 Å². The minimum atomic E-state index is -1.79. The first-order chi connectivity index (χ1) is 13.8. The molecule has 0 aromatic carbocycles. The van der Waals surface area contributed by atoms with E-state index < -0.39 is 14.4 Å². The van der Waals surface area contributed by atoms with Gasteiger partial charge in [0.2, 0.25) is 0 Å². The third-order valence-corrected chi connectivity index (χ3v) is 8.73. The maximum Gasteiger partial charge on any atom is 0.305 e. The molecule has 0 amide bonds. The minimum Gasteiger partial charge on any atom is -0.469 e. The van der Waals surface area contributed by atoms with Crippen LogP contribution in [0.15, 0.2) is 0 Å². The molecule has 0 aromatic heterocycles. The third kappa shape index (κ3) is 9.31. The first kappa shape index (κ1) is 26.3. The summed E-state index contributed by atoms with van der Waals surface area (Å²) in [6.07, 6.45) is 8.78. The zero-order chi connectivity index (χ0) is 21.9. The van der Waals surface area contributed by atoms with E-state index in [0.29, 0.717) is 19.3 Å². The van der Waals surface area contributed by atoms with Gasteiger partial charge in [-0.2, -0.15) is 0 Å². The van der Waals surface area contributed by atoms with E-state index in [4.69, 9.17) is 4.43 Å². The minimum absolute atomic E-state index is 0.0217. The summed E-state index contributed by atoms with van der Waals surface area (Å²) in [5.74, 6) is -0.159. The van der Waals surface area contributed by atoms with E-state index in [1.165, 1.54) is 20.0 Å². The second-order valence-electron chi connectivity index (χ2n) is 9.26. The Balaban J connectivity index is 2.66. The van der Waals surface area contributed by atoms with Gasteiger partial charge in [-0.15, -0.1) is 0 Å². The van der Waals surface area contributed by atoms with E-state index in [0.717, 1.165) is 44.6 Å². The van der Waals surface area contributed by atoms with Crippen LogP contribution in [0.25, 0.3) is 0 Å². The maximum atomic E-state index is 12.8. The van der Waals surface area contributed by atoms with Crippen molar-refractivity contribution in [3.8, 4) is 0 Å². The molecule has 0 heterocycles. The molecular weight excluding hydrogens is 384 g/mol. The number of ketones is 1. The van der Waals surface area contributed by atoms with E-state index in [9.17, 15) is 14.7 Å². The quantitative estimate of drug-likeness (QED) is 0.219. The highest BCUT2D eigenvalue weighted by Crippen LogP contribution is 2.40. The molecule has 170 valence electrons. The second kappa shape index (κ2) is 13.6. The Labute approximate surface area is 179 Å². The molecule has 1 fully saturated rings. The predicted molar refractivity (Wildman–Crippen MR) is 119 cm³/mol. The zero-order valence-corrected chi connectivity index (χ0v) is 20.4. The molecule has 5 nitrogen and oxygen atoms in total. The molecule has 0 spiro atoms. The number of aliphatic hydroxyl groups excluding tert-OH is 1. The largest absolute Gasteiger partial charge is 0.469 e. The maximum absolute atomic E-state index is 12.8. The Morgan fingerprint density at radius 1 is 1.14 bits per heavy atom. The Morgan fingerprint density at radius 3 is 2.45 bits per heavy atom. The third-order valence-electron chi connectivity index (χ3n) is 6.23. The van der Waals surface area contributed by atoms with Crippen LogP contribution in [0.1, 0.15) is 84.5 Å². The Morgan fingerprint density at radius 2 is 1.83 bits per heavy atom. The number of carbonyl (C=O) groups excluding carboxylic acids is 2. The fourth-order valence-corrected chi connectivity index (χ4v) is 6.94. The molecule has 4 atom stereocenters. The van der Waals surface area contributed by atoms with Crippen molar-refractivity contribution in [3.05, 3.63) is 0 Å². The van der Waals surface area contributed by atoms with Crippen molar-refractivity contribution >= 4 is 20.1 Å². The monoisotopic (exact) mass is 428 g/mol. The molecular formula is C23H44O5Si. The predicted octanol–water partition coefficient (Wildman–Crippen LogP) is 5.26. The van der Waals surface area contributed by atoms with Gasteiger partial charge < -0.3 is 14.3 Å². The fourth-order valence-electron chi connectivity index (χ4n) is 4.54. The smallest absolute Gasteiger partial charge is 0.305 e. The van der Waals surface area contributed by atoms with Gasteiger partial charge in [0.25, 0.3) is 0 Å². The van der Waals surface area contributed by atoms with Crippen LogP contribution in [-0.4, -0.2) is 44.5 Å². The van der Waals surface area contributed by atoms with E-state index in [-0.39, 0.29) is 29.7 Å². The summed E-state index contributed by atoms with van der Waals surface area (Å²) in [5.41, 5.74) is 0. The van der Waals surface area contributed by atoms with Crippen LogP contribution in [0.4, 0.5) is 0 Å². The topological polar surface area (TPSA) is 72.8 Å². The van der Waals surface area contributed by atoms with E-state index in [1.54, 1.807) is 0 Å². The van der Waals surface area contributed by atoms with Gasteiger partial charge in [0, 0.05) is 18.8 Å². The molecule has 6 heteroatoms. The summed E-state index contributed by atoms with van der Waals surface area (Å²) in [6, 6.07) is 1.13. The standard InChI is InChI=1S/C23H44O5Si/c1-6-8-13-18-21(28-29(4,5)16-9-7-2)17-20(25)23(18)19(24)14-11-10-12-15-22(26)27-3/h18-19,21,23-24H,6-17H2,1-5H3. The number of hydrogen-bond acceptors (Lipinski definition) is 5. The Hall–Kier alpha value is -0.723. The lowest BCUT2D eigenvalue weighted by Crippen LogP contribution is -2.39. The van der Waals surface area contributed by atoms with Gasteiger partial charge in [-0.1, -0.05) is 52.4 Å².